The van der Waals surface area contributed by atoms with Crippen LogP contribution in [0.4, 0.5) is 4.79 Å². The average molecular weight is 481 g/mol. The predicted octanol–water partition coefficient (Wildman–Crippen LogP) is 5.02. The molecule has 1 fully saturated rings. The highest BCUT2D eigenvalue weighted by molar-refractivity contribution is 7.07. The van der Waals surface area contributed by atoms with Gasteiger partial charge in [-0.1, -0.05) is 18.2 Å². The molecule has 0 aliphatic carbocycles. The summed E-state index contributed by atoms with van der Waals surface area (Å²) in [7, 11) is 0. The first-order chi connectivity index (χ1) is 16.3. The summed E-state index contributed by atoms with van der Waals surface area (Å²) in [5, 5.41) is 11.8. The minimum Gasteiger partial charge on any atom is -0.444 e. The molecule has 180 valence electrons. The zero-order chi connectivity index (χ0) is 24.1. The number of hydrogen-bond donors (Lipinski definition) is 1. The van der Waals surface area contributed by atoms with Crippen molar-refractivity contribution in [2.75, 3.05) is 19.6 Å². The van der Waals surface area contributed by atoms with Crippen LogP contribution in [0, 0.1) is 0 Å². The van der Waals surface area contributed by atoms with Gasteiger partial charge in [0.2, 0.25) is 0 Å². The third-order valence-electron chi connectivity index (χ3n) is 5.86. The molecule has 0 radical (unpaired) electrons. The van der Waals surface area contributed by atoms with Crippen molar-refractivity contribution >= 4 is 23.3 Å². The van der Waals surface area contributed by atoms with Gasteiger partial charge in [0.25, 0.3) is 5.91 Å². The Bertz CT molecular complexity index is 1100. The van der Waals surface area contributed by atoms with E-state index in [2.05, 4.69) is 21.9 Å². The number of thiophene rings is 1. The van der Waals surface area contributed by atoms with E-state index in [1.165, 1.54) is 5.56 Å². The number of para-hydroxylation sites is 1. The Morgan fingerprint density at radius 3 is 2.53 bits per heavy atom. The van der Waals surface area contributed by atoms with Crippen LogP contribution in [0.25, 0.3) is 5.69 Å². The Morgan fingerprint density at radius 2 is 1.88 bits per heavy atom. The van der Waals surface area contributed by atoms with Gasteiger partial charge in [-0.2, -0.15) is 16.4 Å². The highest BCUT2D eigenvalue weighted by Gasteiger charge is 2.32. The van der Waals surface area contributed by atoms with Crippen LogP contribution in [0.3, 0.4) is 0 Å². The fraction of sp³-hybridized carbons (Fsp3) is 0.423. The van der Waals surface area contributed by atoms with E-state index < -0.39 is 5.60 Å². The van der Waals surface area contributed by atoms with Crippen LogP contribution >= 0.6 is 11.3 Å². The number of piperidine rings is 1. The maximum atomic E-state index is 13.2. The minimum atomic E-state index is -0.520. The monoisotopic (exact) mass is 480 g/mol. The van der Waals surface area contributed by atoms with E-state index >= 15 is 0 Å². The highest BCUT2D eigenvalue weighted by Crippen LogP contribution is 2.32. The summed E-state index contributed by atoms with van der Waals surface area (Å²) in [4.78, 5) is 27.4. The van der Waals surface area contributed by atoms with Gasteiger partial charge in [-0.15, -0.1) is 0 Å². The van der Waals surface area contributed by atoms with Gasteiger partial charge in [0.1, 0.15) is 5.60 Å². The first-order valence-corrected chi connectivity index (χ1v) is 12.7. The fourth-order valence-corrected chi connectivity index (χ4v) is 4.92. The molecule has 2 aromatic heterocycles. The fourth-order valence-electron chi connectivity index (χ4n) is 4.21. The summed E-state index contributed by atoms with van der Waals surface area (Å²) in [5.74, 6) is 0.000925. The first kappa shape index (κ1) is 24.0. The number of carbonyl (C=O) groups excluding carboxylic acids is 2. The lowest BCUT2D eigenvalue weighted by Gasteiger charge is -2.34. The molecular weight excluding hydrogens is 448 g/mol. The van der Waals surface area contributed by atoms with Crippen LogP contribution in [0.5, 0.6) is 0 Å². The number of rotatable bonds is 6. The molecule has 0 atom stereocenters. The number of hydrogen-bond acceptors (Lipinski definition) is 5. The molecule has 3 heterocycles. The van der Waals surface area contributed by atoms with Gasteiger partial charge >= 0.3 is 6.09 Å². The standard InChI is InChI=1S/C26H32N4O3S/c1-26(2,3)33-25(32)29-14-10-20(11-15-29)23-22(17-28-30(23)21-7-5-4-6-8-21)24(31)27-13-9-19-12-16-34-18-19/h4-8,12,16-18,20H,9-11,13-15H2,1-3H3,(H,27,31). The van der Waals surface area contributed by atoms with Crippen LogP contribution in [0.1, 0.15) is 61.1 Å². The van der Waals surface area contributed by atoms with E-state index in [9.17, 15) is 9.59 Å². The molecule has 1 aliphatic rings. The molecule has 3 aromatic rings. The van der Waals surface area contributed by atoms with Crippen molar-refractivity contribution in [1.82, 2.24) is 20.0 Å². The van der Waals surface area contributed by atoms with Gasteiger partial charge in [0.05, 0.1) is 23.1 Å². The molecule has 1 saturated heterocycles. The van der Waals surface area contributed by atoms with Crippen molar-refractivity contribution < 1.29 is 14.3 Å². The maximum Gasteiger partial charge on any atom is 0.410 e. The number of amides is 2. The van der Waals surface area contributed by atoms with Crippen LogP contribution in [-0.2, 0) is 11.2 Å². The van der Waals surface area contributed by atoms with Crippen molar-refractivity contribution in [3.8, 4) is 5.69 Å². The van der Waals surface area contributed by atoms with Gasteiger partial charge in [-0.05, 0) is 74.6 Å². The topological polar surface area (TPSA) is 76.5 Å². The summed E-state index contributed by atoms with van der Waals surface area (Å²) in [6.45, 7) is 7.36. The molecule has 0 unspecified atom stereocenters. The van der Waals surface area contributed by atoms with Crippen molar-refractivity contribution in [2.24, 2.45) is 0 Å². The van der Waals surface area contributed by atoms with Gasteiger partial charge in [0, 0.05) is 25.6 Å². The Labute approximate surface area is 204 Å². The molecule has 2 amide bonds. The lowest BCUT2D eigenvalue weighted by atomic mass is 9.91. The molecule has 1 aromatic carbocycles. The summed E-state index contributed by atoms with van der Waals surface area (Å²) in [6, 6.07) is 12.0. The Kier molecular flexibility index (Phi) is 7.36. The number of likely N-dealkylation sites (tertiary alicyclic amines) is 1. The van der Waals surface area contributed by atoms with E-state index in [0.29, 0.717) is 25.2 Å². The molecule has 0 saturated carbocycles. The molecule has 0 spiro atoms. The lowest BCUT2D eigenvalue weighted by Crippen LogP contribution is -2.41. The Hall–Kier alpha value is -3.13. The molecule has 0 bridgehead atoms. The molecule has 1 aliphatic heterocycles. The number of aromatic nitrogens is 2. The average Bonchev–Trinajstić information content (AvgIpc) is 3.49. The first-order valence-electron chi connectivity index (χ1n) is 11.7. The zero-order valence-electron chi connectivity index (χ0n) is 20.0. The number of carbonyl (C=O) groups is 2. The summed E-state index contributed by atoms with van der Waals surface area (Å²) >= 11 is 1.66. The second-order valence-electron chi connectivity index (χ2n) is 9.57. The molecule has 34 heavy (non-hydrogen) atoms. The second kappa shape index (κ2) is 10.4. The highest BCUT2D eigenvalue weighted by atomic mass is 32.1. The number of nitrogens with one attached hydrogen (secondary N) is 1. The smallest absolute Gasteiger partial charge is 0.410 e. The Morgan fingerprint density at radius 1 is 1.15 bits per heavy atom. The third-order valence-corrected chi connectivity index (χ3v) is 6.60. The number of nitrogens with zero attached hydrogens (tertiary/aromatic N) is 3. The van der Waals surface area contributed by atoms with E-state index in [1.807, 2.05) is 61.2 Å². The largest absolute Gasteiger partial charge is 0.444 e. The van der Waals surface area contributed by atoms with Crippen LogP contribution < -0.4 is 5.32 Å². The van der Waals surface area contributed by atoms with Crippen molar-refractivity contribution in [2.45, 2.75) is 51.6 Å². The zero-order valence-corrected chi connectivity index (χ0v) is 20.8. The van der Waals surface area contributed by atoms with Crippen molar-refractivity contribution in [1.29, 1.82) is 0 Å². The minimum absolute atomic E-state index is 0.109. The molecule has 1 N–H and O–H groups in total. The summed E-state index contributed by atoms with van der Waals surface area (Å²) < 4.78 is 7.42. The van der Waals surface area contributed by atoms with Gasteiger partial charge in [-0.3, -0.25) is 4.79 Å². The number of benzene rings is 1. The van der Waals surface area contributed by atoms with Gasteiger partial charge < -0.3 is 15.0 Å². The summed E-state index contributed by atoms with van der Waals surface area (Å²) in [5.41, 5.74) is 3.13. The van der Waals surface area contributed by atoms with Gasteiger partial charge in [-0.25, -0.2) is 9.48 Å². The SMILES string of the molecule is CC(C)(C)OC(=O)N1CCC(c2c(C(=O)NCCc3ccsc3)cnn2-c2ccccc2)CC1. The number of ether oxygens (including phenoxy) is 1. The van der Waals surface area contributed by atoms with E-state index in [4.69, 9.17) is 4.74 Å². The molecule has 4 rings (SSSR count). The van der Waals surface area contributed by atoms with Crippen molar-refractivity contribution in [3.05, 3.63) is 70.2 Å². The summed E-state index contributed by atoms with van der Waals surface area (Å²) in [6.07, 6.45) is 3.67. The van der Waals surface area contributed by atoms with E-state index in [0.717, 1.165) is 30.6 Å². The lowest BCUT2D eigenvalue weighted by molar-refractivity contribution is 0.0203. The quantitative estimate of drug-likeness (QED) is 0.537. The van der Waals surface area contributed by atoms with Crippen LogP contribution in [-0.4, -0.2) is 51.9 Å². The molecule has 7 nitrogen and oxygen atoms in total. The maximum absolute atomic E-state index is 13.2. The Balaban J connectivity index is 1.51. The second-order valence-corrected chi connectivity index (χ2v) is 10.4. The van der Waals surface area contributed by atoms with E-state index in [1.54, 1.807) is 22.4 Å². The molecular formula is C26H32N4O3S. The third kappa shape index (κ3) is 5.86. The van der Waals surface area contributed by atoms with Gasteiger partial charge in [0.15, 0.2) is 0 Å². The van der Waals surface area contributed by atoms with E-state index in [-0.39, 0.29) is 17.9 Å². The normalized spacial score (nSPS) is 14.7. The van der Waals surface area contributed by atoms with Crippen LogP contribution in [0.15, 0.2) is 53.4 Å². The van der Waals surface area contributed by atoms with Crippen LogP contribution in [0.2, 0.25) is 0 Å². The predicted molar refractivity (Wildman–Crippen MR) is 134 cm³/mol. The molecule has 8 heteroatoms. The van der Waals surface area contributed by atoms with Crippen molar-refractivity contribution in [3.63, 3.8) is 0 Å².